The van der Waals surface area contributed by atoms with Crippen LogP contribution in [0.4, 0.5) is 0 Å². The fourth-order valence-corrected chi connectivity index (χ4v) is 4.35. The van der Waals surface area contributed by atoms with Crippen molar-refractivity contribution in [2.45, 2.75) is 57.2 Å². The predicted octanol–water partition coefficient (Wildman–Crippen LogP) is 3.41. The summed E-state index contributed by atoms with van der Waals surface area (Å²) in [4.78, 5) is 21.3. The van der Waals surface area contributed by atoms with E-state index in [0.29, 0.717) is 23.7 Å². The largest absolute Gasteiger partial charge is 0.391 e. The summed E-state index contributed by atoms with van der Waals surface area (Å²) in [6.45, 7) is 4.18. The maximum atomic E-state index is 12.4. The lowest BCUT2D eigenvalue weighted by molar-refractivity contribution is 0.0667. The minimum absolute atomic E-state index is 0.118. The van der Waals surface area contributed by atoms with Gasteiger partial charge in [-0.1, -0.05) is 30.3 Å². The number of nitrogens with zero attached hydrogens (tertiary/aromatic N) is 4. The molecule has 0 bridgehead atoms. The molecule has 4 rings (SSSR count). The summed E-state index contributed by atoms with van der Waals surface area (Å²) in [7, 11) is 0. The van der Waals surface area contributed by atoms with Gasteiger partial charge in [-0.2, -0.15) is 5.10 Å². The molecule has 1 aliphatic rings. The molecule has 0 aliphatic heterocycles. The van der Waals surface area contributed by atoms with Crippen molar-refractivity contribution in [1.29, 1.82) is 0 Å². The summed E-state index contributed by atoms with van der Waals surface area (Å²) >= 11 is 1.29. The second-order valence-corrected chi connectivity index (χ2v) is 8.59. The smallest absolute Gasteiger partial charge is 0.280 e. The summed E-state index contributed by atoms with van der Waals surface area (Å²) in [6.07, 6.45) is 3.08. The van der Waals surface area contributed by atoms with Crippen LogP contribution in [0.2, 0.25) is 0 Å². The normalized spacial score (nSPS) is 22.0. The van der Waals surface area contributed by atoms with Crippen molar-refractivity contribution < 1.29 is 9.90 Å². The number of benzene rings is 1. The van der Waals surface area contributed by atoms with Crippen LogP contribution in [-0.2, 0) is 0 Å². The van der Waals surface area contributed by atoms with Crippen LogP contribution in [0.3, 0.4) is 0 Å². The molecule has 0 radical (unpaired) electrons. The van der Waals surface area contributed by atoms with Crippen molar-refractivity contribution in [3.05, 3.63) is 52.7 Å². The van der Waals surface area contributed by atoms with E-state index < -0.39 is 6.10 Å². The van der Waals surface area contributed by atoms with Crippen molar-refractivity contribution in [2.75, 3.05) is 0 Å². The number of rotatable bonds is 5. The Morgan fingerprint density at radius 3 is 2.76 bits per heavy atom. The van der Waals surface area contributed by atoms with E-state index in [4.69, 9.17) is 10.1 Å². The summed E-state index contributed by atoms with van der Waals surface area (Å²) < 4.78 is 1.98. The van der Waals surface area contributed by atoms with Gasteiger partial charge in [-0.15, -0.1) is 11.3 Å². The van der Waals surface area contributed by atoms with Gasteiger partial charge in [0, 0.05) is 29.1 Å². The molecular formula is C21H25N5O2S. The lowest BCUT2D eigenvalue weighted by atomic mass is 9.83. The molecule has 0 saturated heterocycles. The van der Waals surface area contributed by atoms with Gasteiger partial charge in [0.15, 0.2) is 10.8 Å². The number of aromatic nitrogens is 4. The Hall–Kier alpha value is -2.58. The predicted molar refractivity (Wildman–Crippen MR) is 112 cm³/mol. The molecule has 2 N–H and O–H groups in total. The second-order valence-electron chi connectivity index (χ2n) is 7.69. The molecule has 1 saturated carbocycles. The van der Waals surface area contributed by atoms with Crippen molar-refractivity contribution in [3.8, 4) is 11.4 Å². The van der Waals surface area contributed by atoms with Crippen LogP contribution < -0.4 is 5.32 Å². The lowest BCUT2D eigenvalue weighted by Gasteiger charge is -2.33. The average Bonchev–Trinajstić information content (AvgIpc) is 3.41. The number of aliphatic hydroxyl groups is 1. The van der Waals surface area contributed by atoms with E-state index in [0.717, 1.165) is 17.8 Å². The molecule has 1 fully saturated rings. The van der Waals surface area contributed by atoms with Gasteiger partial charge in [0.2, 0.25) is 0 Å². The Balaban J connectivity index is 1.57. The number of hydrogen-bond acceptors (Lipinski definition) is 6. The van der Waals surface area contributed by atoms with Crippen molar-refractivity contribution in [1.82, 2.24) is 25.1 Å². The molecule has 0 spiro atoms. The molecule has 8 heteroatoms. The van der Waals surface area contributed by atoms with Crippen LogP contribution in [0.25, 0.3) is 11.4 Å². The molecule has 1 amide bonds. The zero-order valence-corrected chi connectivity index (χ0v) is 17.3. The second kappa shape index (κ2) is 8.42. The highest BCUT2D eigenvalue weighted by atomic mass is 32.1. The van der Waals surface area contributed by atoms with E-state index in [1.165, 1.54) is 11.3 Å². The summed E-state index contributed by atoms with van der Waals surface area (Å²) in [6, 6.07) is 9.78. The Kier molecular flexibility index (Phi) is 5.73. The molecule has 0 unspecified atom stereocenters. The van der Waals surface area contributed by atoms with E-state index in [1.54, 1.807) is 11.6 Å². The quantitative estimate of drug-likeness (QED) is 0.671. The first-order valence-electron chi connectivity index (χ1n) is 9.93. The van der Waals surface area contributed by atoms with Crippen LogP contribution >= 0.6 is 11.3 Å². The van der Waals surface area contributed by atoms with Crippen LogP contribution in [0.1, 0.15) is 60.7 Å². The highest BCUT2D eigenvalue weighted by Gasteiger charge is 2.34. The Bertz CT molecular complexity index is 955. The van der Waals surface area contributed by atoms with Crippen LogP contribution in [0, 0.1) is 0 Å². The van der Waals surface area contributed by atoms with Gasteiger partial charge in [-0.25, -0.2) is 14.6 Å². The number of thiazole rings is 1. The first-order chi connectivity index (χ1) is 14.0. The van der Waals surface area contributed by atoms with Gasteiger partial charge in [-0.05, 0) is 33.1 Å². The molecule has 3 atom stereocenters. The van der Waals surface area contributed by atoms with Crippen LogP contribution in [0.15, 0.2) is 41.9 Å². The van der Waals surface area contributed by atoms with E-state index in [9.17, 15) is 9.90 Å². The zero-order valence-electron chi connectivity index (χ0n) is 16.5. The summed E-state index contributed by atoms with van der Waals surface area (Å²) in [5.74, 6) is 1.51. The van der Waals surface area contributed by atoms with Crippen LogP contribution in [0.5, 0.6) is 0 Å². The molecule has 1 aromatic carbocycles. The number of amides is 1. The molecule has 7 nitrogen and oxygen atoms in total. The fraction of sp³-hybridized carbons (Fsp3) is 0.429. The third-order valence-electron chi connectivity index (χ3n) is 5.30. The Morgan fingerprint density at radius 1 is 1.28 bits per heavy atom. The maximum Gasteiger partial charge on any atom is 0.280 e. The zero-order chi connectivity index (χ0) is 20.4. The van der Waals surface area contributed by atoms with Crippen molar-refractivity contribution in [2.24, 2.45) is 0 Å². The summed E-state index contributed by atoms with van der Waals surface area (Å²) in [5.41, 5.74) is 0.984. The minimum Gasteiger partial charge on any atom is -0.391 e. The third kappa shape index (κ3) is 4.23. The molecule has 1 aliphatic carbocycles. The summed E-state index contributed by atoms with van der Waals surface area (Å²) in [5, 5.41) is 20.4. The fourth-order valence-electron chi connectivity index (χ4n) is 3.81. The van der Waals surface area contributed by atoms with Gasteiger partial charge in [0.1, 0.15) is 5.82 Å². The number of aliphatic hydroxyl groups excluding tert-OH is 1. The Morgan fingerprint density at radius 2 is 2.07 bits per heavy atom. The first-order valence-corrected chi connectivity index (χ1v) is 10.8. The minimum atomic E-state index is -0.570. The van der Waals surface area contributed by atoms with E-state index in [-0.39, 0.29) is 23.9 Å². The highest BCUT2D eigenvalue weighted by Crippen LogP contribution is 2.34. The van der Waals surface area contributed by atoms with E-state index >= 15 is 0 Å². The van der Waals surface area contributed by atoms with Gasteiger partial charge >= 0.3 is 0 Å². The molecule has 152 valence electrons. The van der Waals surface area contributed by atoms with Gasteiger partial charge in [0.25, 0.3) is 5.91 Å². The van der Waals surface area contributed by atoms with E-state index in [1.807, 2.05) is 35.0 Å². The molecular weight excluding hydrogens is 386 g/mol. The molecule has 3 aromatic rings. The standard InChI is InChI=1S/C21H25N5O2S/c1-13(2)26-19(24-18(25-26)14-6-4-3-5-7-14)15-8-9-17(27)16(12-15)23-20(28)21-22-10-11-29-21/h3-7,10-11,13,15-17,27H,8-9,12H2,1-2H3,(H,23,28)/t15-,16+,17+/m0/s1. The number of hydrogen-bond donors (Lipinski definition) is 2. The van der Waals surface area contributed by atoms with Gasteiger partial charge in [0.05, 0.1) is 12.1 Å². The maximum absolute atomic E-state index is 12.4. The van der Waals surface area contributed by atoms with Crippen molar-refractivity contribution >= 4 is 17.2 Å². The number of nitrogens with one attached hydrogen (secondary N) is 1. The van der Waals surface area contributed by atoms with Crippen molar-refractivity contribution in [3.63, 3.8) is 0 Å². The highest BCUT2D eigenvalue weighted by molar-refractivity contribution is 7.11. The number of carbonyl (C=O) groups is 1. The van der Waals surface area contributed by atoms with Gasteiger partial charge < -0.3 is 10.4 Å². The van der Waals surface area contributed by atoms with Crippen LogP contribution in [-0.4, -0.2) is 42.9 Å². The molecule has 2 aromatic heterocycles. The third-order valence-corrected chi connectivity index (χ3v) is 6.07. The average molecular weight is 412 g/mol. The lowest BCUT2D eigenvalue weighted by Crippen LogP contribution is -2.47. The Labute approximate surface area is 173 Å². The SMILES string of the molecule is CC(C)n1nc(-c2ccccc2)nc1[C@H]1CC[C@@H](O)[C@H](NC(=O)c2nccs2)C1. The molecule has 2 heterocycles. The van der Waals surface area contributed by atoms with Gasteiger partial charge in [-0.3, -0.25) is 4.79 Å². The van der Waals surface area contributed by atoms with E-state index in [2.05, 4.69) is 24.1 Å². The molecule has 29 heavy (non-hydrogen) atoms. The number of carbonyl (C=O) groups excluding carboxylic acids is 1. The first kappa shape index (κ1) is 19.7. The monoisotopic (exact) mass is 411 g/mol. The topological polar surface area (TPSA) is 92.9 Å².